The highest BCUT2D eigenvalue weighted by atomic mass is 127. The number of carbonyl (C=O) groups excluding carboxylic acids is 1. The lowest BCUT2D eigenvalue weighted by Crippen LogP contribution is -2.08. The molecule has 0 saturated heterocycles. The number of ether oxygens (including phenoxy) is 1. The summed E-state index contributed by atoms with van der Waals surface area (Å²) in [6, 6.07) is 9.67. The molecule has 1 unspecified atom stereocenters. The molecule has 0 amide bonds. The molecule has 0 bridgehead atoms. The Morgan fingerprint density at radius 1 is 1.35 bits per heavy atom. The monoisotopic (exact) mass is 397 g/mol. The van der Waals surface area contributed by atoms with E-state index in [1.807, 2.05) is 42.6 Å². The maximum atomic E-state index is 12.6. The first-order chi connectivity index (χ1) is 9.58. The van der Waals surface area contributed by atoms with E-state index in [9.17, 15) is 4.79 Å². The molecule has 1 atom stereocenters. The fourth-order valence-corrected chi connectivity index (χ4v) is 3.42. The van der Waals surface area contributed by atoms with Crippen LogP contribution in [0.25, 0.3) is 5.57 Å². The quantitative estimate of drug-likeness (QED) is 0.788. The van der Waals surface area contributed by atoms with Crippen LogP contribution in [0.1, 0.15) is 22.1 Å². The third-order valence-electron chi connectivity index (χ3n) is 3.24. The van der Waals surface area contributed by atoms with Crippen molar-refractivity contribution in [3.8, 4) is 0 Å². The molecule has 20 heavy (non-hydrogen) atoms. The fourth-order valence-electron chi connectivity index (χ4n) is 2.15. The molecule has 5 heteroatoms. The number of carbonyl (C=O) groups is 1. The van der Waals surface area contributed by atoms with Gasteiger partial charge in [-0.1, -0.05) is 18.2 Å². The molecule has 0 fully saturated rings. The van der Waals surface area contributed by atoms with Crippen molar-refractivity contribution in [1.82, 2.24) is 0 Å². The van der Waals surface area contributed by atoms with E-state index in [-0.39, 0.29) is 11.7 Å². The highest BCUT2D eigenvalue weighted by molar-refractivity contribution is 14.1. The fraction of sp³-hybridized carbons (Fsp3) is 0.133. The van der Waals surface area contributed by atoms with Crippen molar-refractivity contribution in [2.24, 2.45) is 5.73 Å². The predicted molar refractivity (Wildman–Crippen MR) is 88.2 cm³/mol. The summed E-state index contributed by atoms with van der Waals surface area (Å²) in [6.07, 6.45) is -0.594. The summed E-state index contributed by atoms with van der Waals surface area (Å²) in [7, 11) is 0. The lowest BCUT2D eigenvalue weighted by Gasteiger charge is -2.07. The summed E-state index contributed by atoms with van der Waals surface area (Å²) < 4.78 is 6.68. The maximum absolute atomic E-state index is 12.6. The normalized spacial score (nSPS) is 18.5. The third kappa shape index (κ3) is 2.25. The summed E-state index contributed by atoms with van der Waals surface area (Å²) >= 11 is 3.75. The minimum Gasteiger partial charge on any atom is -0.461 e. The van der Waals surface area contributed by atoms with Crippen LogP contribution in [0, 0.1) is 10.5 Å². The molecule has 0 aliphatic carbocycles. The Balaban J connectivity index is 1.99. The smallest absolute Gasteiger partial charge is 0.214 e. The number of nitrogens with two attached hydrogens (primary N) is 1. The van der Waals surface area contributed by atoms with E-state index in [1.54, 1.807) is 0 Å². The van der Waals surface area contributed by atoms with Crippen molar-refractivity contribution in [2.75, 3.05) is 0 Å². The van der Waals surface area contributed by atoms with Gasteiger partial charge in [0.1, 0.15) is 0 Å². The van der Waals surface area contributed by atoms with Gasteiger partial charge in [-0.25, -0.2) is 0 Å². The average Bonchev–Trinajstić information content (AvgIpc) is 3.02. The zero-order chi connectivity index (χ0) is 14.3. The lowest BCUT2D eigenvalue weighted by molar-refractivity contribution is -0.120. The van der Waals surface area contributed by atoms with Crippen LogP contribution in [-0.4, -0.2) is 5.78 Å². The predicted octanol–water partition coefficient (Wildman–Crippen LogP) is 3.63. The molecule has 3 nitrogen and oxygen atoms in total. The number of benzene rings is 1. The summed E-state index contributed by atoms with van der Waals surface area (Å²) in [6.45, 7) is 2.03. The van der Waals surface area contributed by atoms with Gasteiger partial charge < -0.3 is 10.5 Å². The SMILES string of the molecule is Cc1ccc(C2=C(N)OC(c3cccs3)C2=O)cc1I. The molecular weight excluding hydrogens is 385 g/mol. The highest BCUT2D eigenvalue weighted by Crippen LogP contribution is 2.38. The van der Waals surface area contributed by atoms with Gasteiger partial charge in [0.25, 0.3) is 0 Å². The van der Waals surface area contributed by atoms with Crippen molar-refractivity contribution in [1.29, 1.82) is 0 Å². The molecule has 1 aromatic carbocycles. The van der Waals surface area contributed by atoms with E-state index in [1.165, 1.54) is 16.9 Å². The minimum absolute atomic E-state index is 0.0652. The minimum atomic E-state index is -0.594. The van der Waals surface area contributed by atoms with Crippen molar-refractivity contribution >= 4 is 45.3 Å². The van der Waals surface area contributed by atoms with Gasteiger partial charge in [-0.15, -0.1) is 11.3 Å². The number of Topliss-reactive ketones (excluding diaryl/α,β-unsaturated/α-hetero) is 1. The molecule has 102 valence electrons. The Hall–Kier alpha value is -1.34. The van der Waals surface area contributed by atoms with Crippen LogP contribution >= 0.6 is 33.9 Å². The number of hydrogen-bond acceptors (Lipinski definition) is 4. The number of halogens is 1. The van der Waals surface area contributed by atoms with E-state index in [0.29, 0.717) is 5.57 Å². The van der Waals surface area contributed by atoms with Crippen LogP contribution in [0.3, 0.4) is 0 Å². The number of aryl methyl sites for hydroxylation is 1. The van der Waals surface area contributed by atoms with Crippen LogP contribution < -0.4 is 5.73 Å². The molecule has 1 aliphatic rings. The van der Waals surface area contributed by atoms with Gasteiger partial charge in [0.05, 0.1) is 10.5 Å². The Bertz CT molecular complexity index is 707. The summed E-state index contributed by atoms with van der Waals surface area (Å²) in [4.78, 5) is 13.4. The summed E-state index contributed by atoms with van der Waals surface area (Å²) in [5.41, 5.74) is 8.41. The Morgan fingerprint density at radius 3 is 2.80 bits per heavy atom. The standard InChI is InChI=1S/C15H12INO2S/c1-8-4-5-9(7-10(8)16)12-13(18)14(19-15(12)17)11-3-2-6-20-11/h2-7,14H,17H2,1H3. The first-order valence-electron chi connectivity index (χ1n) is 6.08. The lowest BCUT2D eigenvalue weighted by atomic mass is 9.99. The Morgan fingerprint density at radius 2 is 2.15 bits per heavy atom. The highest BCUT2D eigenvalue weighted by Gasteiger charge is 2.36. The van der Waals surface area contributed by atoms with Gasteiger partial charge in [-0.3, -0.25) is 4.79 Å². The second kappa shape index (κ2) is 5.21. The molecule has 1 aromatic heterocycles. The molecule has 0 spiro atoms. The van der Waals surface area contributed by atoms with Gasteiger partial charge in [-0.05, 0) is 58.2 Å². The molecule has 0 saturated carbocycles. The van der Waals surface area contributed by atoms with Crippen LogP contribution in [0.5, 0.6) is 0 Å². The van der Waals surface area contributed by atoms with E-state index >= 15 is 0 Å². The molecule has 2 N–H and O–H groups in total. The second-order valence-electron chi connectivity index (χ2n) is 4.58. The second-order valence-corrected chi connectivity index (χ2v) is 6.72. The van der Waals surface area contributed by atoms with Crippen molar-refractivity contribution < 1.29 is 9.53 Å². The zero-order valence-corrected chi connectivity index (χ0v) is 13.7. The van der Waals surface area contributed by atoms with Crippen LogP contribution in [0.15, 0.2) is 41.6 Å². The molecular formula is C15H12INO2S. The van der Waals surface area contributed by atoms with Crippen LogP contribution in [-0.2, 0) is 9.53 Å². The zero-order valence-electron chi connectivity index (χ0n) is 10.7. The maximum Gasteiger partial charge on any atom is 0.214 e. The largest absolute Gasteiger partial charge is 0.461 e. The van der Waals surface area contributed by atoms with E-state index in [0.717, 1.165) is 14.0 Å². The van der Waals surface area contributed by atoms with Crippen molar-refractivity contribution in [3.63, 3.8) is 0 Å². The number of hydrogen-bond donors (Lipinski definition) is 1. The molecule has 0 radical (unpaired) electrons. The van der Waals surface area contributed by atoms with Crippen LogP contribution in [0.2, 0.25) is 0 Å². The molecule has 1 aliphatic heterocycles. The Labute approximate surface area is 134 Å². The number of thiophene rings is 1. The Kier molecular flexibility index (Phi) is 3.55. The summed E-state index contributed by atoms with van der Waals surface area (Å²) in [5, 5.41) is 1.93. The van der Waals surface area contributed by atoms with Gasteiger partial charge >= 0.3 is 0 Å². The van der Waals surface area contributed by atoms with E-state index < -0.39 is 6.10 Å². The van der Waals surface area contributed by atoms with Gasteiger partial charge in [0.2, 0.25) is 5.78 Å². The number of ketones is 1. The van der Waals surface area contributed by atoms with Crippen LogP contribution in [0.4, 0.5) is 0 Å². The average molecular weight is 397 g/mol. The summed E-state index contributed by atoms with van der Waals surface area (Å²) in [5.74, 6) is 0.151. The molecule has 3 rings (SSSR count). The topological polar surface area (TPSA) is 52.3 Å². The van der Waals surface area contributed by atoms with Crippen molar-refractivity contribution in [3.05, 3.63) is 61.2 Å². The van der Waals surface area contributed by atoms with E-state index in [4.69, 9.17) is 10.5 Å². The first kappa shape index (κ1) is 13.6. The van der Waals surface area contributed by atoms with Crippen molar-refractivity contribution in [2.45, 2.75) is 13.0 Å². The first-order valence-corrected chi connectivity index (χ1v) is 8.04. The van der Waals surface area contributed by atoms with Gasteiger partial charge in [-0.2, -0.15) is 0 Å². The molecule has 2 aromatic rings. The molecule has 2 heterocycles. The van der Waals surface area contributed by atoms with Gasteiger partial charge in [0.15, 0.2) is 12.0 Å². The number of rotatable bonds is 2. The third-order valence-corrected chi connectivity index (χ3v) is 5.32. The van der Waals surface area contributed by atoms with Gasteiger partial charge in [0, 0.05) is 3.57 Å². The van der Waals surface area contributed by atoms with E-state index in [2.05, 4.69) is 22.6 Å².